The number of anilines is 1. The summed E-state index contributed by atoms with van der Waals surface area (Å²) in [5.74, 6) is 0. The van der Waals surface area contributed by atoms with Gasteiger partial charge in [-0.1, -0.05) is 11.6 Å². The van der Waals surface area contributed by atoms with Crippen LogP contribution in [0.1, 0.15) is 12.8 Å². The minimum atomic E-state index is 0.577. The van der Waals surface area contributed by atoms with Gasteiger partial charge in [-0.3, -0.25) is 0 Å². The predicted molar refractivity (Wildman–Crippen MR) is 73.3 cm³/mol. The number of nitrogens with zero attached hydrogens (tertiary/aromatic N) is 1. The first-order valence-corrected chi connectivity index (χ1v) is 6.72. The molecule has 1 heterocycles. The summed E-state index contributed by atoms with van der Waals surface area (Å²) in [4.78, 5) is 2.37. The lowest BCUT2D eigenvalue weighted by molar-refractivity contribution is 0.264. The van der Waals surface area contributed by atoms with E-state index in [1.807, 2.05) is 18.2 Å². The average molecular weight is 304 g/mol. The molecule has 0 aromatic heterocycles. The van der Waals surface area contributed by atoms with Crippen LogP contribution in [0.3, 0.4) is 0 Å². The molecule has 2 nitrogen and oxygen atoms in total. The monoisotopic (exact) mass is 302 g/mol. The number of likely N-dealkylation sites (tertiary alicyclic amines) is 1. The van der Waals surface area contributed by atoms with Gasteiger partial charge in [-0.05, 0) is 67.1 Å². The summed E-state index contributed by atoms with van der Waals surface area (Å²) in [5, 5.41) is 4.33. The molecule has 0 saturated carbocycles. The van der Waals surface area contributed by atoms with E-state index < -0.39 is 0 Å². The molecular formula is C12H16BrClN2. The smallest absolute Gasteiger partial charge is 0.0487 e. The zero-order valence-electron chi connectivity index (χ0n) is 9.34. The maximum absolute atomic E-state index is 5.91. The van der Waals surface area contributed by atoms with E-state index >= 15 is 0 Å². The normalized spacial score (nSPS) is 18.7. The molecule has 1 saturated heterocycles. The van der Waals surface area contributed by atoms with Gasteiger partial charge in [0.05, 0.1) is 0 Å². The van der Waals surface area contributed by atoms with Crippen molar-refractivity contribution in [1.82, 2.24) is 4.90 Å². The highest BCUT2D eigenvalue weighted by molar-refractivity contribution is 9.10. The largest absolute Gasteiger partial charge is 0.381 e. The Hall–Kier alpha value is -0.250. The Kier molecular flexibility index (Phi) is 4.11. The van der Waals surface area contributed by atoms with Crippen molar-refractivity contribution in [1.29, 1.82) is 0 Å². The number of rotatable bonds is 2. The molecular weight excluding hydrogens is 288 g/mol. The van der Waals surface area contributed by atoms with E-state index in [1.54, 1.807) is 0 Å². The molecule has 0 aliphatic carbocycles. The SMILES string of the molecule is CN1CCC(Nc2ccc(Cl)cc2Br)CC1. The second kappa shape index (κ2) is 5.39. The molecule has 4 heteroatoms. The van der Waals surface area contributed by atoms with Gasteiger partial charge in [0.15, 0.2) is 0 Å². The Labute approximate surface area is 110 Å². The number of nitrogens with one attached hydrogen (secondary N) is 1. The van der Waals surface area contributed by atoms with Gasteiger partial charge in [0.2, 0.25) is 0 Å². The van der Waals surface area contributed by atoms with Crippen LogP contribution in [0, 0.1) is 0 Å². The van der Waals surface area contributed by atoms with Crippen LogP contribution >= 0.6 is 27.5 Å². The van der Waals surface area contributed by atoms with Gasteiger partial charge in [-0.25, -0.2) is 0 Å². The lowest BCUT2D eigenvalue weighted by Crippen LogP contribution is -2.36. The molecule has 1 aliphatic heterocycles. The van der Waals surface area contributed by atoms with Gasteiger partial charge in [-0.2, -0.15) is 0 Å². The van der Waals surface area contributed by atoms with E-state index in [0.29, 0.717) is 6.04 Å². The first-order valence-electron chi connectivity index (χ1n) is 5.55. The third kappa shape index (κ3) is 3.12. The molecule has 1 fully saturated rings. The summed E-state index contributed by atoms with van der Waals surface area (Å²) in [7, 11) is 2.18. The Morgan fingerprint density at radius 2 is 2.06 bits per heavy atom. The molecule has 88 valence electrons. The minimum Gasteiger partial charge on any atom is -0.381 e. The highest BCUT2D eigenvalue weighted by atomic mass is 79.9. The van der Waals surface area contributed by atoms with Crippen LogP contribution in [0.15, 0.2) is 22.7 Å². The molecule has 1 aromatic carbocycles. The van der Waals surface area contributed by atoms with Gasteiger partial charge < -0.3 is 10.2 Å². The second-order valence-corrected chi connectivity index (χ2v) is 5.64. The van der Waals surface area contributed by atoms with Crippen LogP contribution in [0.2, 0.25) is 5.02 Å². The maximum Gasteiger partial charge on any atom is 0.0487 e. The van der Waals surface area contributed by atoms with Crippen molar-refractivity contribution in [2.75, 3.05) is 25.5 Å². The van der Waals surface area contributed by atoms with Crippen LogP contribution in [-0.2, 0) is 0 Å². The fourth-order valence-corrected chi connectivity index (χ4v) is 2.78. The minimum absolute atomic E-state index is 0.577. The predicted octanol–water partition coefficient (Wildman–Crippen LogP) is 3.61. The van der Waals surface area contributed by atoms with Crippen molar-refractivity contribution in [3.8, 4) is 0 Å². The van der Waals surface area contributed by atoms with Crippen molar-refractivity contribution in [2.45, 2.75) is 18.9 Å². The van der Waals surface area contributed by atoms with Crippen molar-refractivity contribution in [3.63, 3.8) is 0 Å². The van der Waals surface area contributed by atoms with E-state index in [2.05, 4.69) is 33.2 Å². The van der Waals surface area contributed by atoms with Crippen LogP contribution < -0.4 is 5.32 Å². The number of hydrogen-bond acceptors (Lipinski definition) is 2. The van der Waals surface area contributed by atoms with Gasteiger partial charge in [0.1, 0.15) is 0 Å². The Balaban J connectivity index is 1.98. The molecule has 0 bridgehead atoms. The van der Waals surface area contributed by atoms with E-state index in [1.165, 1.54) is 25.9 Å². The molecule has 0 radical (unpaired) electrons. The summed E-state index contributed by atoms with van der Waals surface area (Å²) in [6.07, 6.45) is 2.40. The summed E-state index contributed by atoms with van der Waals surface area (Å²) in [6.45, 7) is 2.34. The highest BCUT2D eigenvalue weighted by Crippen LogP contribution is 2.27. The zero-order valence-corrected chi connectivity index (χ0v) is 11.7. The molecule has 0 unspecified atom stereocenters. The van der Waals surface area contributed by atoms with Crippen molar-refractivity contribution in [2.24, 2.45) is 0 Å². The molecule has 0 spiro atoms. The van der Waals surface area contributed by atoms with E-state index in [0.717, 1.165) is 15.2 Å². The molecule has 16 heavy (non-hydrogen) atoms. The van der Waals surface area contributed by atoms with Crippen LogP contribution in [0.25, 0.3) is 0 Å². The lowest BCUT2D eigenvalue weighted by Gasteiger charge is -2.30. The lowest BCUT2D eigenvalue weighted by atomic mass is 10.1. The van der Waals surface area contributed by atoms with E-state index in [4.69, 9.17) is 11.6 Å². The van der Waals surface area contributed by atoms with Gasteiger partial charge in [0.25, 0.3) is 0 Å². The zero-order chi connectivity index (χ0) is 11.5. The highest BCUT2D eigenvalue weighted by Gasteiger charge is 2.16. The number of piperidine rings is 1. The average Bonchev–Trinajstić information content (AvgIpc) is 2.25. The van der Waals surface area contributed by atoms with Gasteiger partial charge in [-0.15, -0.1) is 0 Å². The number of benzene rings is 1. The van der Waals surface area contributed by atoms with Gasteiger partial charge in [0, 0.05) is 21.2 Å². The van der Waals surface area contributed by atoms with E-state index in [-0.39, 0.29) is 0 Å². The van der Waals surface area contributed by atoms with Crippen LogP contribution in [-0.4, -0.2) is 31.1 Å². The topological polar surface area (TPSA) is 15.3 Å². The molecule has 1 aliphatic rings. The summed E-state index contributed by atoms with van der Waals surface area (Å²) < 4.78 is 1.04. The van der Waals surface area contributed by atoms with Crippen LogP contribution in [0.5, 0.6) is 0 Å². The Morgan fingerprint density at radius 1 is 1.38 bits per heavy atom. The van der Waals surface area contributed by atoms with Crippen molar-refractivity contribution >= 4 is 33.2 Å². The molecule has 0 atom stereocenters. The first-order chi connectivity index (χ1) is 7.65. The fraction of sp³-hybridized carbons (Fsp3) is 0.500. The fourth-order valence-electron chi connectivity index (χ4n) is 1.98. The molecule has 1 N–H and O–H groups in total. The van der Waals surface area contributed by atoms with E-state index in [9.17, 15) is 0 Å². The first kappa shape index (κ1) is 12.2. The summed E-state index contributed by atoms with van der Waals surface area (Å²) in [5.41, 5.74) is 1.14. The standard InChI is InChI=1S/C12H16BrClN2/c1-16-6-4-10(5-7-16)15-12-3-2-9(14)8-11(12)13/h2-3,8,10,15H,4-7H2,1H3. The number of halogens is 2. The molecule has 2 rings (SSSR count). The Morgan fingerprint density at radius 3 is 2.69 bits per heavy atom. The summed E-state index contributed by atoms with van der Waals surface area (Å²) in [6, 6.07) is 6.46. The third-order valence-electron chi connectivity index (χ3n) is 3.01. The summed E-state index contributed by atoms with van der Waals surface area (Å²) >= 11 is 9.44. The Bertz CT molecular complexity index is 362. The van der Waals surface area contributed by atoms with Crippen molar-refractivity contribution < 1.29 is 0 Å². The quantitative estimate of drug-likeness (QED) is 0.898. The number of hydrogen-bond donors (Lipinski definition) is 1. The van der Waals surface area contributed by atoms with Gasteiger partial charge >= 0.3 is 0 Å². The molecule has 1 aromatic rings. The third-order valence-corrected chi connectivity index (χ3v) is 3.90. The molecule has 0 amide bonds. The maximum atomic E-state index is 5.91. The second-order valence-electron chi connectivity index (χ2n) is 4.35. The van der Waals surface area contributed by atoms with Crippen LogP contribution in [0.4, 0.5) is 5.69 Å². The van der Waals surface area contributed by atoms with Crippen molar-refractivity contribution in [3.05, 3.63) is 27.7 Å².